The van der Waals surface area contributed by atoms with E-state index in [0.717, 1.165) is 34.5 Å². The van der Waals surface area contributed by atoms with Gasteiger partial charge in [-0.3, -0.25) is 4.79 Å². The molecule has 1 saturated heterocycles. The zero-order valence-corrected chi connectivity index (χ0v) is 18.1. The van der Waals surface area contributed by atoms with E-state index in [-0.39, 0.29) is 11.3 Å². The Morgan fingerprint density at radius 1 is 1.37 bits per heavy atom. The average Bonchev–Trinajstić information content (AvgIpc) is 3.10. The molecule has 0 saturated carbocycles. The molecule has 1 aromatic carbocycles. The molecular weight excluding hydrogens is 402 g/mol. The summed E-state index contributed by atoms with van der Waals surface area (Å²) >= 11 is 9.19. The maximum Gasteiger partial charge on any atom is 0.234 e. The number of ether oxygens (including phenoxy) is 1. The van der Waals surface area contributed by atoms with Gasteiger partial charge in [-0.25, -0.2) is 4.98 Å². The van der Waals surface area contributed by atoms with Gasteiger partial charge < -0.3 is 15.0 Å². The lowest BCUT2D eigenvalue weighted by atomic mass is 9.93. The molecule has 1 aromatic heterocycles. The Labute approximate surface area is 173 Å². The van der Waals surface area contributed by atoms with Crippen LogP contribution >= 0.6 is 34.7 Å². The minimum atomic E-state index is -0.0655. The molecule has 27 heavy (non-hydrogen) atoms. The summed E-state index contributed by atoms with van der Waals surface area (Å²) in [6, 6.07) is 5.60. The summed E-state index contributed by atoms with van der Waals surface area (Å²) in [7, 11) is 0. The van der Waals surface area contributed by atoms with Crippen molar-refractivity contribution in [3.63, 3.8) is 0 Å². The van der Waals surface area contributed by atoms with E-state index in [1.54, 1.807) is 17.4 Å². The Morgan fingerprint density at radius 3 is 2.78 bits per heavy atom. The zero-order valence-electron chi connectivity index (χ0n) is 15.8. The van der Waals surface area contributed by atoms with Crippen LogP contribution in [0.4, 0.5) is 11.4 Å². The average molecular weight is 426 g/mol. The minimum absolute atomic E-state index is 0.0193. The number of amides is 1. The third-order valence-corrected chi connectivity index (χ3v) is 6.42. The van der Waals surface area contributed by atoms with E-state index in [0.29, 0.717) is 24.0 Å². The highest BCUT2D eigenvalue weighted by molar-refractivity contribution is 8.01. The van der Waals surface area contributed by atoms with Crippen molar-refractivity contribution in [3.8, 4) is 0 Å². The summed E-state index contributed by atoms with van der Waals surface area (Å²) in [5.41, 5.74) is 2.79. The largest absolute Gasteiger partial charge is 0.378 e. The SMILES string of the molecule is CC(C)(C)c1csc(SCC(=O)Nc2cc(Cl)ccc2N2CCOCC2)n1. The molecule has 0 bridgehead atoms. The van der Waals surface area contributed by atoms with Gasteiger partial charge in [0, 0.05) is 28.9 Å². The number of benzene rings is 1. The first kappa shape index (κ1) is 20.5. The molecule has 0 spiro atoms. The van der Waals surface area contributed by atoms with Crippen LogP contribution in [-0.4, -0.2) is 42.9 Å². The van der Waals surface area contributed by atoms with Crippen molar-refractivity contribution in [1.29, 1.82) is 0 Å². The highest BCUT2D eigenvalue weighted by Gasteiger charge is 2.19. The van der Waals surface area contributed by atoms with Crippen molar-refractivity contribution in [1.82, 2.24) is 4.98 Å². The maximum absolute atomic E-state index is 12.5. The first-order valence-corrected chi connectivity index (χ1v) is 11.1. The molecule has 1 N–H and O–H groups in total. The van der Waals surface area contributed by atoms with Crippen LogP contribution in [0.1, 0.15) is 26.5 Å². The molecule has 1 aliphatic heterocycles. The molecule has 0 radical (unpaired) electrons. The molecule has 0 atom stereocenters. The number of carbonyl (C=O) groups is 1. The summed E-state index contributed by atoms with van der Waals surface area (Å²) in [5.74, 6) is 0.246. The van der Waals surface area contributed by atoms with Crippen molar-refractivity contribution >= 4 is 52.0 Å². The number of morpholine rings is 1. The number of nitrogens with one attached hydrogen (secondary N) is 1. The van der Waals surface area contributed by atoms with E-state index in [9.17, 15) is 4.79 Å². The third kappa shape index (κ3) is 5.60. The summed E-state index contributed by atoms with van der Waals surface area (Å²) in [4.78, 5) is 19.3. The molecule has 2 aromatic rings. The van der Waals surface area contributed by atoms with Gasteiger partial charge in [0.1, 0.15) is 0 Å². The van der Waals surface area contributed by atoms with Gasteiger partial charge >= 0.3 is 0 Å². The van der Waals surface area contributed by atoms with Gasteiger partial charge in [-0.05, 0) is 18.2 Å². The van der Waals surface area contributed by atoms with Crippen molar-refractivity contribution in [2.24, 2.45) is 0 Å². The van der Waals surface area contributed by atoms with E-state index in [1.165, 1.54) is 11.8 Å². The number of hydrogen-bond acceptors (Lipinski definition) is 6. The fourth-order valence-corrected chi connectivity index (χ4v) is 4.69. The van der Waals surface area contributed by atoms with Crippen LogP contribution in [0.2, 0.25) is 5.02 Å². The number of aromatic nitrogens is 1. The Bertz CT molecular complexity index is 798. The van der Waals surface area contributed by atoms with Gasteiger partial charge in [-0.2, -0.15) is 0 Å². The number of anilines is 2. The molecule has 0 unspecified atom stereocenters. The number of nitrogens with zero attached hydrogens (tertiary/aromatic N) is 2. The normalized spacial score (nSPS) is 15.0. The van der Waals surface area contributed by atoms with Crippen LogP contribution in [0.15, 0.2) is 27.9 Å². The number of thiazole rings is 1. The lowest BCUT2D eigenvalue weighted by Crippen LogP contribution is -2.36. The summed E-state index contributed by atoms with van der Waals surface area (Å²) < 4.78 is 6.33. The maximum atomic E-state index is 12.5. The molecule has 146 valence electrons. The number of thioether (sulfide) groups is 1. The zero-order chi connectivity index (χ0) is 19.4. The molecule has 3 rings (SSSR count). The molecule has 1 amide bonds. The van der Waals surface area contributed by atoms with Crippen molar-refractivity contribution in [2.75, 3.05) is 42.3 Å². The fraction of sp³-hybridized carbons (Fsp3) is 0.474. The lowest BCUT2D eigenvalue weighted by Gasteiger charge is -2.30. The lowest BCUT2D eigenvalue weighted by molar-refractivity contribution is -0.113. The third-order valence-electron chi connectivity index (χ3n) is 4.16. The van der Waals surface area contributed by atoms with Crippen molar-refractivity contribution in [2.45, 2.75) is 30.5 Å². The smallest absolute Gasteiger partial charge is 0.234 e. The van der Waals surface area contributed by atoms with Crippen LogP contribution in [0, 0.1) is 0 Å². The van der Waals surface area contributed by atoms with Crippen molar-refractivity contribution < 1.29 is 9.53 Å². The van der Waals surface area contributed by atoms with Crippen molar-refractivity contribution in [3.05, 3.63) is 34.3 Å². The van der Waals surface area contributed by atoms with Crippen LogP contribution in [-0.2, 0) is 14.9 Å². The molecule has 5 nitrogen and oxygen atoms in total. The summed E-state index contributed by atoms with van der Waals surface area (Å²) in [6.07, 6.45) is 0. The number of rotatable bonds is 5. The topological polar surface area (TPSA) is 54.5 Å². The summed E-state index contributed by atoms with van der Waals surface area (Å²) in [6.45, 7) is 9.38. The van der Waals surface area contributed by atoms with E-state index in [4.69, 9.17) is 16.3 Å². The standard InChI is InChI=1S/C19H24ClN3O2S2/c1-19(2,3)16-11-26-18(22-16)27-12-17(24)21-14-10-13(20)4-5-15(14)23-6-8-25-9-7-23/h4-5,10-11H,6-9,12H2,1-3H3,(H,21,24). The molecular formula is C19H24ClN3O2S2. The molecule has 2 heterocycles. The first-order chi connectivity index (χ1) is 12.8. The molecule has 1 fully saturated rings. The second-order valence-corrected chi connectivity index (χ2v) is 9.86. The Kier molecular flexibility index (Phi) is 6.68. The van der Waals surface area contributed by atoms with Crippen LogP contribution < -0.4 is 10.2 Å². The van der Waals surface area contributed by atoms with E-state index >= 15 is 0 Å². The first-order valence-electron chi connectivity index (χ1n) is 8.84. The fourth-order valence-electron chi connectivity index (χ4n) is 2.67. The van der Waals surface area contributed by atoms with Crippen LogP contribution in [0.3, 0.4) is 0 Å². The second kappa shape index (κ2) is 8.82. The number of halogens is 1. The quantitative estimate of drug-likeness (QED) is 0.706. The molecule has 8 heteroatoms. The van der Waals surface area contributed by atoms with E-state index < -0.39 is 0 Å². The summed E-state index contributed by atoms with van der Waals surface area (Å²) in [5, 5.41) is 5.67. The van der Waals surface area contributed by atoms with Gasteiger partial charge in [-0.15, -0.1) is 11.3 Å². The highest BCUT2D eigenvalue weighted by atomic mass is 35.5. The van der Waals surface area contributed by atoms with E-state index in [2.05, 4.69) is 41.4 Å². The highest BCUT2D eigenvalue weighted by Crippen LogP contribution is 2.31. The predicted molar refractivity (Wildman–Crippen MR) is 115 cm³/mol. The van der Waals surface area contributed by atoms with Crippen LogP contribution in [0.25, 0.3) is 0 Å². The Morgan fingerprint density at radius 2 is 2.11 bits per heavy atom. The number of hydrogen-bond donors (Lipinski definition) is 1. The minimum Gasteiger partial charge on any atom is -0.378 e. The van der Waals surface area contributed by atoms with Gasteiger partial charge in [-0.1, -0.05) is 44.1 Å². The van der Waals surface area contributed by atoms with Gasteiger partial charge in [0.25, 0.3) is 0 Å². The Balaban J connectivity index is 1.63. The second-order valence-electron chi connectivity index (χ2n) is 7.35. The molecule has 1 aliphatic rings. The molecule has 0 aliphatic carbocycles. The van der Waals surface area contributed by atoms with Gasteiger partial charge in [0.2, 0.25) is 5.91 Å². The van der Waals surface area contributed by atoms with Crippen LogP contribution in [0.5, 0.6) is 0 Å². The van der Waals surface area contributed by atoms with Gasteiger partial charge in [0.05, 0.1) is 36.0 Å². The Hall–Kier alpha value is -1.28. The van der Waals surface area contributed by atoms with E-state index in [1.807, 2.05) is 12.1 Å². The monoisotopic (exact) mass is 425 g/mol. The number of carbonyl (C=O) groups excluding carboxylic acids is 1. The predicted octanol–water partition coefficient (Wildman–Crippen LogP) is 4.66. The van der Waals surface area contributed by atoms with Gasteiger partial charge in [0.15, 0.2) is 4.34 Å².